The van der Waals surface area contributed by atoms with Gasteiger partial charge in [-0.25, -0.2) is 4.79 Å². The number of rotatable bonds is 4. The van der Waals surface area contributed by atoms with Crippen molar-refractivity contribution in [3.05, 3.63) is 68.7 Å². The molecule has 2 aromatic rings. The summed E-state index contributed by atoms with van der Waals surface area (Å²) < 4.78 is 19.6. The van der Waals surface area contributed by atoms with Gasteiger partial charge in [-0.1, -0.05) is 30.3 Å². The summed E-state index contributed by atoms with van der Waals surface area (Å²) in [6, 6.07) is 7.90. The van der Waals surface area contributed by atoms with E-state index in [-0.39, 0.29) is 5.56 Å². The number of carbonyl (C=O) groups is 1. The average Bonchev–Trinajstić information content (AvgIpc) is 2.96. The molecule has 2 heterocycles. The quantitative estimate of drug-likeness (QED) is 0.643. The first-order valence-electron chi connectivity index (χ1n) is 7.46. The molecule has 132 valence electrons. The number of aromatic amines is 1. The molecule has 3 atom stereocenters. The topological polar surface area (TPSA) is 122 Å². The van der Waals surface area contributed by atoms with Crippen LogP contribution in [0, 0.1) is 5.82 Å². The van der Waals surface area contributed by atoms with Crippen molar-refractivity contribution < 1.29 is 24.1 Å². The highest BCUT2D eigenvalue weighted by atomic mass is 19.1. The van der Waals surface area contributed by atoms with Crippen LogP contribution >= 0.6 is 0 Å². The summed E-state index contributed by atoms with van der Waals surface area (Å²) in [4.78, 5) is 37.4. The van der Waals surface area contributed by atoms with E-state index in [1.54, 1.807) is 23.2 Å². The maximum Gasteiger partial charge on any atom is 0.330 e. The monoisotopic (exact) mass is 350 g/mol. The fourth-order valence-electron chi connectivity index (χ4n) is 2.86. The molecule has 0 spiro atoms. The number of aliphatic hydroxyl groups is 2. The van der Waals surface area contributed by atoms with Gasteiger partial charge in [-0.15, -0.1) is 0 Å². The number of nitrogens with one attached hydrogen (secondary N) is 1. The van der Waals surface area contributed by atoms with Crippen molar-refractivity contribution in [2.24, 2.45) is 0 Å². The Hall–Kier alpha value is -2.62. The van der Waals surface area contributed by atoms with Gasteiger partial charge in [-0.05, 0) is 0 Å². The number of nitrogens with zero attached hydrogens (tertiary/aromatic N) is 1. The minimum Gasteiger partial charge on any atom is -0.394 e. The number of ketones is 1. The molecule has 1 aliphatic rings. The molecule has 0 aliphatic carbocycles. The van der Waals surface area contributed by atoms with Crippen molar-refractivity contribution in [1.82, 2.24) is 9.55 Å². The second-order valence-corrected chi connectivity index (χ2v) is 5.73. The Balaban J connectivity index is 1.98. The van der Waals surface area contributed by atoms with Crippen LogP contribution in [-0.4, -0.2) is 43.9 Å². The molecule has 1 saturated heterocycles. The van der Waals surface area contributed by atoms with Gasteiger partial charge in [0.25, 0.3) is 5.56 Å². The highest BCUT2D eigenvalue weighted by molar-refractivity contribution is 6.03. The summed E-state index contributed by atoms with van der Waals surface area (Å²) in [6.45, 7) is -0.688. The van der Waals surface area contributed by atoms with Crippen LogP contribution in [0.1, 0.15) is 23.0 Å². The number of carbonyl (C=O) groups excluding carboxylic acids is 1. The summed E-state index contributed by atoms with van der Waals surface area (Å²) >= 11 is 0. The van der Waals surface area contributed by atoms with Crippen molar-refractivity contribution in [2.75, 3.05) is 6.61 Å². The van der Waals surface area contributed by atoms with Crippen LogP contribution in [0.4, 0.5) is 4.39 Å². The molecular formula is C16H15FN2O6. The molecule has 1 aromatic heterocycles. The highest BCUT2D eigenvalue weighted by Gasteiger charge is 2.53. The van der Waals surface area contributed by atoms with Crippen molar-refractivity contribution in [2.45, 2.75) is 24.4 Å². The van der Waals surface area contributed by atoms with E-state index in [9.17, 15) is 29.0 Å². The molecule has 0 unspecified atom stereocenters. The Morgan fingerprint density at radius 1 is 1.36 bits per heavy atom. The normalized spacial score (nSPS) is 25.9. The van der Waals surface area contributed by atoms with Crippen LogP contribution in [0.15, 0.2) is 46.1 Å². The van der Waals surface area contributed by atoms with E-state index < -0.39 is 53.8 Å². The minimum absolute atomic E-state index is 0.202. The first kappa shape index (κ1) is 17.2. The van der Waals surface area contributed by atoms with Crippen LogP contribution in [-0.2, 0) is 4.74 Å². The van der Waals surface area contributed by atoms with Crippen LogP contribution in [0.2, 0.25) is 0 Å². The molecule has 1 fully saturated rings. The summed E-state index contributed by atoms with van der Waals surface area (Å²) in [5, 5.41) is 20.3. The largest absolute Gasteiger partial charge is 0.394 e. The van der Waals surface area contributed by atoms with Gasteiger partial charge in [-0.2, -0.15) is 4.39 Å². The van der Waals surface area contributed by atoms with Gasteiger partial charge in [0.1, 0.15) is 12.3 Å². The van der Waals surface area contributed by atoms with Crippen LogP contribution in [0.25, 0.3) is 0 Å². The number of aliphatic hydroxyl groups excluding tert-OH is 1. The summed E-state index contributed by atoms with van der Waals surface area (Å²) in [7, 11) is 0. The van der Waals surface area contributed by atoms with Gasteiger partial charge in [-0.3, -0.25) is 19.1 Å². The summed E-state index contributed by atoms with van der Waals surface area (Å²) in [5.41, 5.74) is -4.04. The van der Waals surface area contributed by atoms with Crippen molar-refractivity contribution in [3.8, 4) is 0 Å². The zero-order valence-corrected chi connectivity index (χ0v) is 12.9. The minimum atomic E-state index is -2.10. The molecule has 3 N–H and O–H groups in total. The molecule has 8 nitrogen and oxygen atoms in total. The lowest BCUT2D eigenvalue weighted by molar-refractivity contribution is -0.0691. The SMILES string of the molecule is O=C(c1ccccc1)[C@]1(O)C[C@H](n2cc(F)c(=O)[nH]c2=O)O[C@@H]1CO. The Labute approximate surface area is 140 Å². The maximum absolute atomic E-state index is 13.5. The number of hydrogen-bond acceptors (Lipinski definition) is 6. The Kier molecular flexibility index (Phi) is 4.38. The number of H-pyrrole nitrogens is 1. The second kappa shape index (κ2) is 6.36. The van der Waals surface area contributed by atoms with E-state index >= 15 is 0 Å². The van der Waals surface area contributed by atoms with Crippen LogP contribution in [0.3, 0.4) is 0 Å². The first-order valence-corrected chi connectivity index (χ1v) is 7.46. The number of Topliss-reactive ketones (excluding diaryl/α,β-unsaturated/α-hetero) is 1. The summed E-state index contributed by atoms with van der Waals surface area (Å²) in [5.74, 6) is -1.90. The molecule has 1 aliphatic heterocycles. The van der Waals surface area contributed by atoms with E-state index in [2.05, 4.69) is 0 Å². The molecule has 0 saturated carbocycles. The van der Waals surface area contributed by atoms with E-state index in [1.165, 1.54) is 12.1 Å². The van der Waals surface area contributed by atoms with E-state index in [0.29, 0.717) is 6.20 Å². The molecule has 0 amide bonds. The van der Waals surface area contributed by atoms with Gasteiger partial charge in [0.15, 0.2) is 11.4 Å². The standard InChI is InChI=1S/C16H15FN2O6/c17-10-7-19(15(23)18-14(10)22)12-6-16(24,11(8-20)25-12)13(21)9-4-2-1-3-5-9/h1-5,7,11-12,20,24H,6,8H2,(H,18,22,23)/t11-,12-,16+/m1/s1. The Morgan fingerprint density at radius 3 is 2.68 bits per heavy atom. The fraction of sp³-hybridized carbons (Fsp3) is 0.312. The Bertz CT molecular complexity index is 909. The van der Waals surface area contributed by atoms with Gasteiger partial charge in [0, 0.05) is 12.0 Å². The van der Waals surface area contributed by atoms with Crippen molar-refractivity contribution in [3.63, 3.8) is 0 Å². The van der Waals surface area contributed by atoms with Crippen LogP contribution in [0.5, 0.6) is 0 Å². The molecule has 1 aromatic carbocycles. The number of hydrogen-bond donors (Lipinski definition) is 3. The Morgan fingerprint density at radius 2 is 2.04 bits per heavy atom. The highest BCUT2D eigenvalue weighted by Crippen LogP contribution is 2.38. The second-order valence-electron chi connectivity index (χ2n) is 5.73. The smallest absolute Gasteiger partial charge is 0.330 e. The zero-order valence-electron chi connectivity index (χ0n) is 12.9. The van der Waals surface area contributed by atoms with Crippen molar-refractivity contribution in [1.29, 1.82) is 0 Å². The third-order valence-electron chi connectivity index (χ3n) is 4.17. The zero-order chi connectivity index (χ0) is 18.2. The fourth-order valence-corrected chi connectivity index (χ4v) is 2.86. The van der Waals surface area contributed by atoms with Gasteiger partial charge in [0.05, 0.1) is 12.8 Å². The number of ether oxygens (including phenoxy) is 1. The third kappa shape index (κ3) is 2.93. The first-order chi connectivity index (χ1) is 11.9. The van der Waals surface area contributed by atoms with E-state index in [4.69, 9.17) is 4.74 Å². The third-order valence-corrected chi connectivity index (χ3v) is 4.17. The lowest BCUT2D eigenvalue weighted by Crippen LogP contribution is -2.47. The average molecular weight is 350 g/mol. The maximum atomic E-state index is 13.5. The molecule has 9 heteroatoms. The number of aromatic nitrogens is 2. The van der Waals surface area contributed by atoms with Gasteiger partial charge >= 0.3 is 5.69 Å². The molecule has 25 heavy (non-hydrogen) atoms. The van der Waals surface area contributed by atoms with Gasteiger partial charge < -0.3 is 14.9 Å². The molecule has 3 rings (SSSR count). The van der Waals surface area contributed by atoms with E-state index in [0.717, 1.165) is 4.57 Å². The summed E-state index contributed by atoms with van der Waals surface area (Å²) in [6.07, 6.45) is -2.29. The number of halogens is 1. The molecular weight excluding hydrogens is 335 g/mol. The van der Waals surface area contributed by atoms with Crippen molar-refractivity contribution >= 4 is 5.78 Å². The van der Waals surface area contributed by atoms with E-state index in [1.807, 2.05) is 0 Å². The molecule has 0 bridgehead atoms. The predicted molar refractivity (Wildman–Crippen MR) is 82.6 cm³/mol. The molecule has 0 radical (unpaired) electrons. The lowest BCUT2D eigenvalue weighted by Gasteiger charge is -2.25. The predicted octanol–water partition coefficient (Wildman–Crippen LogP) is -0.431. The lowest BCUT2D eigenvalue weighted by atomic mass is 9.86. The van der Waals surface area contributed by atoms with Crippen LogP contribution < -0.4 is 11.2 Å². The van der Waals surface area contributed by atoms with Gasteiger partial charge in [0.2, 0.25) is 5.82 Å². The number of benzene rings is 1.